The van der Waals surface area contributed by atoms with Crippen LogP contribution in [0.1, 0.15) is 36.0 Å². The van der Waals surface area contributed by atoms with E-state index in [1.807, 2.05) is 6.07 Å². The van der Waals surface area contributed by atoms with Gasteiger partial charge < -0.3 is 5.32 Å². The molecular weight excluding hydrogens is 365 g/mol. The zero-order valence-corrected chi connectivity index (χ0v) is 13.5. The highest BCUT2D eigenvalue weighted by Gasteiger charge is 2.06. The van der Waals surface area contributed by atoms with Crippen LogP contribution in [0.2, 0.25) is 0 Å². The van der Waals surface area contributed by atoms with Crippen LogP contribution >= 0.6 is 22.6 Å². The third-order valence-electron chi connectivity index (χ3n) is 3.08. The first kappa shape index (κ1) is 15.2. The van der Waals surface area contributed by atoms with E-state index in [0.29, 0.717) is 5.56 Å². The molecular formula is C15H18IN3O. The lowest BCUT2D eigenvalue weighted by atomic mass is 10.1. The number of benzene rings is 1. The van der Waals surface area contributed by atoms with Crippen LogP contribution in [-0.4, -0.2) is 26.8 Å². The van der Waals surface area contributed by atoms with E-state index in [2.05, 4.69) is 37.9 Å². The molecule has 106 valence electrons. The van der Waals surface area contributed by atoms with E-state index in [0.717, 1.165) is 24.0 Å². The number of hydrogen-bond acceptors (Lipinski definition) is 3. The van der Waals surface area contributed by atoms with Crippen molar-refractivity contribution in [3.63, 3.8) is 0 Å². The van der Waals surface area contributed by atoms with E-state index >= 15 is 0 Å². The number of carbonyl (C=O) groups excluding carboxylic acids is 1. The van der Waals surface area contributed by atoms with Gasteiger partial charge >= 0.3 is 0 Å². The molecule has 0 aliphatic heterocycles. The largest absolute Gasteiger partial charge is 0.352 e. The summed E-state index contributed by atoms with van der Waals surface area (Å²) in [6.45, 7) is 0.735. The molecule has 0 radical (unpaired) electrons. The summed E-state index contributed by atoms with van der Waals surface area (Å²) in [5, 5.41) is 2.95. The Labute approximate surface area is 132 Å². The Bertz CT molecular complexity index is 574. The maximum Gasteiger partial charge on any atom is 0.251 e. The number of fused-ring (bicyclic) bond motifs is 1. The van der Waals surface area contributed by atoms with Crippen molar-refractivity contribution >= 4 is 39.5 Å². The summed E-state index contributed by atoms with van der Waals surface area (Å²) in [7, 11) is 0. The molecule has 0 atom stereocenters. The van der Waals surface area contributed by atoms with E-state index < -0.39 is 0 Å². The normalized spacial score (nSPS) is 10.7. The average molecular weight is 383 g/mol. The molecule has 5 heteroatoms. The number of rotatable bonds is 7. The van der Waals surface area contributed by atoms with E-state index in [-0.39, 0.29) is 5.91 Å². The maximum absolute atomic E-state index is 12.0. The van der Waals surface area contributed by atoms with Gasteiger partial charge in [-0.2, -0.15) is 0 Å². The van der Waals surface area contributed by atoms with Gasteiger partial charge in [-0.05, 0) is 35.5 Å². The highest BCUT2D eigenvalue weighted by Crippen LogP contribution is 2.10. The van der Waals surface area contributed by atoms with Crippen molar-refractivity contribution in [2.75, 3.05) is 11.0 Å². The number of hydrogen-bond donors (Lipinski definition) is 1. The third-order valence-corrected chi connectivity index (χ3v) is 3.84. The fourth-order valence-electron chi connectivity index (χ4n) is 1.98. The second-order valence-electron chi connectivity index (χ2n) is 4.62. The van der Waals surface area contributed by atoms with Crippen molar-refractivity contribution < 1.29 is 4.79 Å². The van der Waals surface area contributed by atoms with Gasteiger partial charge in [0, 0.05) is 24.5 Å². The van der Waals surface area contributed by atoms with Crippen molar-refractivity contribution in [1.29, 1.82) is 0 Å². The van der Waals surface area contributed by atoms with Crippen LogP contribution in [-0.2, 0) is 0 Å². The van der Waals surface area contributed by atoms with Crippen LogP contribution in [0.4, 0.5) is 0 Å². The van der Waals surface area contributed by atoms with Crippen LogP contribution in [0.15, 0.2) is 30.6 Å². The summed E-state index contributed by atoms with van der Waals surface area (Å²) in [4.78, 5) is 20.4. The van der Waals surface area contributed by atoms with Crippen LogP contribution in [0.3, 0.4) is 0 Å². The summed E-state index contributed by atoms with van der Waals surface area (Å²) >= 11 is 2.39. The van der Waals surface area contributed by atoms with Gasteiger partial charge in [0.15, 0.2) is 0 Å². The molecule has 0 saturated carbocycles. The molecule has 0 bridgehead atoms. The average Bonchev–Trinajstić information content (AvgIpc) is 2.50. The molecule has 1 aromatic heterocycles. The fraction of sp³-hybridized carbons (Fsp3) is 0.400. The molecule has 20 heavy (non-hydrogen) atoms. The fourth-order valence-corrected chi connectivity index (χ4v) is 2.52. The van der Waals surface area contributed by atoms with Crippen molar-refractivity contribution in [2.45, 2.75) is 25.7 Å². The first-order valence-electron chi connectivity index (χ1n) is 6.86. The zero-order chi connectivity index (χ0) is 14.2. The van der Waals surface area contributed by atoms with Crippen LogP contribution in [0.5, 0.6) is 0 Å². The lowest BCUT2D eigenvalue weighted by molar-refractivity contribution is 0.0953. The number of alkyl halides is 1. The third kappa shape index (κ3) is 4.40. The highest BCUT2D eigenvalue weighted by atomic mass is 127. The minimum Gasteiger partial charge on any atom is -0.352 e. The molecule has 1 amide bonds. The number of aromatic nitrogens is 2. The molecule has 0 unspecified atom stereocenters. The Kier molecular flexibility index (Phi) is 6.17. The van der Waals surface area contributed by atoms with Crippen LogP contribution < -0.4 is 5.32 Å². The van der Waals surface area contributed by atoms with E-state index in [1.165, 1.54) is 23.7 Å². The number of amides is 1. The summed E-state index contributed by atoms with van der Waals surface area (Å²) in [5.41, 5.74) is 2.20. The summed E-state index contributed by atoms with van der Waals surface area (Å²) in [6.07, 6.45) is 8.00. The molecule has 0 fully saturated rings. The van der Waals surface area contributed by atoms with Gasteiger partial charge in [-0.1, -0.05) is 35.4 Å². The number of halogens is 1. The van der Waals surface area contributed by atoms with Gasteiger partial charge in [0.25, 0.3) is 5.91 Å². The van der Waals surface area contributed by atoms with Crippen molar-refractivity contribution in [2.24, 2.45) is 0 Å². The molecule has 0 saturated heterocycles. The first-order valence-corrected chi connectivity index (χ1v) is 8.39. The summed E-state index contributed by atoms with van der Waals surface area (Å²) < 4.78 is 1.21. The minimum absolute atomic E-state index is 0.0357. The Hall–Kier alpha value is -1.24. The molecule has 0 spiro atoms. The van der Waals surface area contributed by atoms with Crippen LogP contribution in [0, 0.1) is 0 Å². The molecule has 2 aromatic rings. The molecule has 1 heterocycles. The van der Waals surface area contributed by atoms with Gasteiger partial charge in [-0.15, -0.1) is 0 Å². The van der Waals surface area contributed by atoms with Gasteiger partial charge in [0.05, 0.1) is 11.0 Å². The van der Waals surface area contributed by atoms with E-state index in [9.17, 15) is 4.79 Å². The molecule has 1 aromatic carbocycles. The van der Waals surface area contributed by atoms with Gasteiger partial charge in [0.2, 0.25) is 0 Å². The minimum atomic E-state index is -0.0357. The van der Waals surface area contributed by atoms with Gasteiger partial charge in [-0.25, -0.2) is 0 Å². The predicted molar refractivity (Wildman–Crippen MR) is 89.2 cm³/mol. The summed E-state index contributed by atoms with van der Waals surface area (Å²) in [5.74, 6) is -0.0357. The molecule has 4 nitrogen and oxygen atoms in total. The number of nitrogens with zero attached hydrogens (tertiary/aromatic N) is 2. The molecule has 0 aliphatic carbocycles. The van der Waals surface area contributed by atoms with Crippen molar-refractivity contribution in [3.05, 3.63) is 36.2 Å². The lowest BCUT2D eigenvalue weighted by Gasteiger charge is -2.05. The molecule has 1 N–H and O–H groups in total. The van der Waals surface area contributed by atoms with E-state index in [4.69, 9.17) is 0 Å². The Morgan fingerprint density at radius 1 is 1.05 bits per heavy atom. The van der Waals surface area contributed by atoms with Gasteiger partial charge in [0.1, 0.15) is 0 Å². The Balaban J connectivity index is 1.84. The SMILES string of the molecule is O=C(NCCCCCCI)c1ccc2nccnc2c1. The Morgan fingerprint density at radius 2 is 1.80 bits per heavy atom. The number of nitrogens with one attached hydrogen (secondary N) is 1. The first-order chi connectivity index (χ1) is 9.81. The van der Waals surface area contributed by atoms with Crippen molar-refractivity contribution in [1.82, 2.24) is 15.3 Å². The smallest absolute Gasteiger partial charge is 0.251 e. The lowest BCUT2D eigenvalue weighted by Crippen LogP contribution is -2.24. The quantitative estimate of drug-likeness (QED) is 0.453. The predicted octanol–water partition coefficient (Wildman–Crippen LogP) is 3.36. The standard InChI is InChI=1S/C15H18IN3O/c16-7-3-1-2-4-8-19-15(20)12-5-6-13-14(11-12)18-10-9-17-13/h5-6,9-11H,1-4,7-8H2,(H,19,20). The summed E-state index contributed by atoms with van der Waals surface area (Å²) in [6, 6.07) is 5.41. The topological polar surface area (TPSA) is 54.9 Å². The van der Waals surface area contributed by atoms with Gasteiger partial charge in [-0.3, -0.25) is 14.8 Å². The molecule has 2 rings (SSSR count). The second-order valence-corrected chi connectivity index (χ2v) is 5.70. The van der Waals surface area contributed by atoms with Crippen molar-refractivity contribution in [3.8, 4) is 0 Å². The Morgan fingerprint density at radius 3 is 2.60 bits per heavy atom. The number of carbonyl (C=O) groups is 1. The number of unbranched alkanes of at least 4 members (excludes halogenated alkanes) is 3. The maximum atomic E-state index is 12.0. The zero-order valence-electron chi connectivity index (χ0n) is 11.3. The highest BCUT2D eigenvalue weighted by molar-refractivity contribution is 14.1. The second kappa shape index (κ2) is 8.14. The molecule has 0 aliphatic rings. The van der Waals surface area contributed by atoms with Crippen LogP contribution in [0.25, 0.3) is 11.0 Å². The monoisotopic (exact) mass is 383 g/mol. The van der Waals surface area contributed by atoms with E-state index in [1.54, 1.807) is 24.5 Å².